The third-order valence-electron chi connectivity index (χ3n) is 2.57. The minimum atomic E-state index is -2.92. The van der Waals surface area contributed by atoms with Crippen LogP contribution in [0.1, 0.15) is 24.9 Å². The van der Waals surface area contributed by atoms with Gasteiger partial charge in [0.25, 0.3) is 0 Å². The van der Waals surface area contributed by atoms with Crippen molar-refractivity contribution in [2.24, 2.45) is 0 Å². The SMILES string of the molecule is CC(NCCCS(C)(=O)=O)c1ccc(F)cc1Cl. The van der Waals surface area contributed by atoms with E-state index in [2.05, 4.69) is 5.32 Å². The van der Waals surface area contributed by atoms with Gasteiger partial charge in [0.15, 0.2) is 0 Å². The number of nitrogens with one attached hydrogen (secondary N) is 1. The largest absolute Gasteiger partial charge is 0.310 e. The second-order valence-electron chi connectivity index (χ2n) is 4.33. The molecular formula is C12H17ClFNO2S. The molecule has 0 aliphatic rings. The van der Waals surface area contributed by atoms with E-state index in [0.29, 0.717) is 18.0 Å². The highest BCUT2D eigenvalue weighted by Gasteiger charge is 2.10. The van der Waals surface area contributed by atoms with Crippen LogP contribution in [0, 0.1) is 5.82 Å². The topological polar surface area (TPSA) is 46.2 Å². The first kappa shape index (κ1) is 15.4. The van der Waals surface area contributed by atoms with E-state index in [1.165, 1.54) is 18.4 Å². The number of benzene rings is 1. The Morgan fingerprint density at radius 2 is 2.11 bits per heavy atom. The minimum Gasteiger partial charge on any atom is -0.310 e. The molecule has 6 heteroatoms. The van der Waals surface area contributed by atoms with Crippen LogP contribution in [0.2, 0.25) is 5.02 Å². The van der Waals surface area contributed by atoms with Crippen molar-refractivity contribution >= 4 is 21.4 Å². The van der Waals surface area contributed by atoms with E-state index >= 15 is 0 Å². The molecule has 1 aromatic carbocycles. The molecule has 0 saturated carbocycles. The summed E-state index contributed by atoms with van der Waals surface area (Å²) in [5, 5.41) is 3.53. The van der Waals surface area contributed by atoms with Crippen molar-refractivity contribution in [2.75, 3.05) is 18.6 Å². The maximum Gasteiger partial charge on any atom is 0.147 e. The number of hydrogen-bond acceptors (Lipinski definition) is 3. The lowest BCUT2D eigenvalue weighted by molar-refractivity contribution is 0.560. The molecular weight excluding hydrogens is 277 g/mol. The maximum absolute atomic E-state index is 12.9. The van der Waals surface area contributed by atoms with Crippen LogP contribution in [0.25, 0.3) is 0 Å². The van der Waals surface area contributed by atoms with E-state index in [1.807, 2.05) is 6.92 Å². The zero-order valence-corrected chi connectivity index (χ0v) is 12.0. The fourth-order valence-electron chi connectivity index (χ4n) is 1.62. The Morgan fingerprint density at radius 3 is 2.67 bits per heavy atom. The molecule has 18 heavy (non-hydrogen) atoms. The fraction of sp³-hybridized carbons (Fsp3) is 0.500. The highest BCUT2D eigenvalue weighted by Crippen LogP contribution is 2.23. The highest BCUT2D eigenvalue weighted by molar-refractivity contribution is 7.90. The summed E-state index contributed by atoms with van der Waals surface area (Å²) in [6.07, 6.45) is 1.76. The van der Waals surface area contributed by atoms with Crippen LogP contribution in [0.4, 0.5) is 4.39 Å². The van der Waals surface area contributed by atoms with Crippen LogP contribution in [0.15, 0.2) is 18.2 Å². The molecule has 1 rings (SSSR count). The van der Waals surface area contributed by atoms with Crippen LogP contribution < -0.4 is 5.32 Å². The Labute approximate surface area is 112 Å². The summed E-state index contributed by atoms with van der Waals surface area (Å²) in [6.45, 7) is 2.47. The molecule has 1 aromatic rings. The van der Waals surface area contributed by atoms with Gasteiger partial charge in [-0.05, 0) is 37.6 Å². The standard InChI is InChI=1S/C12H17ClFNO2S/c1-9(15-6-3-7-18(2,16)17)11-5-4-10(14)8-12(11)13/h4-5,8-9,15H,3,6-7H2,1-2H3. The monoisotopic (exact) mass is 293 g/mol. The van der Waals surface area contributed by atoms with Gasteiger partial charge in [0.2, 0.25) is 0 Å². The first-order valence-corrected chi connectivity index (χ1v) is 8.09. The number of rotatable bonds is 6. The summed E-state index contributed by atoms with van der Waals surface area (Å²) >= 11 is 5.93. The van der Waals surface area contributed by atoms with Gasteiger partial charge in [0.05, 0.1) is 5.75 Å². The Bertz CT molecular complexity index is 505. The van der Waals surface area contributed by atoms with Crippen LogP contribution in [0.5, 0.6) is 0 Å². The summed E-state index contributed by atoms with van der Waals surface area (Å²) in [5.41, 5.74) is 0.803. The summed E-state index contributed by atoms with van der Waals surface area (Å²) in [5.74, 6) is -0.211. The molecule has 0 spiro atoms. The van der Waals surface area contributed by atoms with E-state index in [9.17, 15) is 12.8 Å². The lowest BCUT2D eigenvalue weighted by Crippen LogP contribution is -2.22. The van der Waals surface area contributed by atoms with Crippen LogP contribution in [-0.4, -0.2) is 27.0 Å². The van der Waals surface area contributed by atoms with Crippen molar-refractivity contribution in [3.05, 3.63) is 34.6 Å². The summed E-state index contributed by atoms with van der Waals surface area (Å²) < 4.78 is 34.8. The van der Waals surface area contributed by atoms with Gasteiger partial charge in [-0.1, -0.05) is 17.7 Å². The molecule has 3 nitrogen and oxygen atoms in total. The molecule has 0 aliphatic carbocycles. The lowest BCUT2D eigenvalue weighted by Gasteiger charge is -2.15. The molecule has 1 atom stereocenters. The van der Waals surface area contributed by atoms with Gasteiger partial charge in [-0.25, -0.2) is 12.8 Å². The number of sulfone groups is 1. The van der Waals surface area contributed by atoms with Crippen LogP contribution in [0.3, 0.4) is 0 Å². The molecule has 0 fully saturated rings. The normalized spacial score (nSPS) is 13.6. The second kappa shape index (κ2) is 6.50. The first-order valence-electron chi connectivity index (χ1n) is 5.65. The quantitative estimate of drug-likeness (QED) is 0.820. The molecule has 0 saturated heterocycles. The lowest BCUT2D eigenvalue weighted by atomic mass is 10.1. The van der Waals surface area contributed by atoms with Crippen LogP contribution in [-0.2, 0) is 9.84 Å². The molecule has 0 aromatic heterocycles. The van der Waals surface area contributed by atoms with E-state index in [0.717, 1.165) is 5.56 Å². The summed E-state index contributed by atoms with van der Waals surface area (Å²) in [7, 11) is -2.92. The van der Waals surface area contributed by atoms with E-state index < -0.39 is 9.84 Å². The predicted molar refractivity (Wildman–Crippen MR) is 72.2 cm³/mol. The summed E-state index contributed by atoms with van der Waals surface area (Å²) in [4.78, 5) is 0. The minimum absolute atomic E-state index is 0.0438. The molecule has 0 bridgehead atoms. The van der Waals surface area contributed by atoms with Gasteiger partial charge >= 0.3 is 0 Å². The van der Waals surface area contributed by atoms with Gasteiger partial charge in [-0.2, -0.15) is 0 Å². The molecule has 1 N–H and O–H groups in total. The van der Waals surface area contributed by atoms with Crippen molar-refractivity contribution in [1.82, 2.24) is 5.32 Å². The van der Waals surface area contributed by atoms with Gasteiger partial charge in [-0.3, -0.25) is 0 Å². The van der Waals surface area contributed by atoms with Crippen molar-refractivity contribution in [3.8, 4) is 0 Å². The molecule has 0 heterocycles. The van der Waals surface area contributed by atoms with E-state index in [-0.39, 0.29) is 17.6 Å². The number of hydrogen-bond donors (Lipinski definition) is 1. The van der Waals surface area contributed by atoms with Crippen molar-refractivity contribution < 1.29 is 12.8 Å². The molecule has 0 radical (unpaired) electrons. The van der Waals surface area contributed by atoms with Gasteiger partial charge < -0.3 is 5.32 Å². The Hall–Kier alpha value is -0.650. The zero-order chi connectivity index (χ0) is 13.8. The average Bonchev–Trinajstić information content (AvgIpc) is 2.22. The first-order chi connectivity index (χ1) is 8.29. The van der Waals surface area contributed by atoms with Crippen molar-refractivity contribution in [2.45, 2.75) is 19.4 Å². The third-order valence-corrected chi connectivity index (χ3v) is 3.93. The second-order valence-corrected chi connectivity index (χ2v) is 6.99. The number of halogens is 2. The summed E-state index contributed by atoms with van der Waals surface area (Å²) in [6, 6.07) is 4.21. The van der Waals surface area contributed by atoms with Gasteiger partial charge in [0, 0.05) is 17.3 Å². The van der Waals surface area contributed by atoms with Gasteiger partial charge in [-0.15, -0.1) is 0 Å². The van der Waals surface area contributed by atoms with Crippen LogP contribution >= 0.6 is 11.6 Å². The Balaban J connectivity index is 2.48. The highest BCUT2D eigenvalue weighted by atomic mass is 35.5. The molecule has 0 amide bonds. The van der Waals surface area contributed by atoms with Crippen molar-refractivity contribution in [3.63, 3.8) is 0 Å². The molecule has 1 unspecified atom stereocenters. The molecule has 0 aliphatic heterocycles. The zero-order valence-electron chi connectivity index (χ0n) is 10.4. The average molecular weight is 294 g/mol. The van der Waals surface area contributed by atoms with E-state index in [4.69, 9.17) is 11.6 Å². The van der Waals surface area contributed by atoms with Crippen molar-refractivity contribution in [1.29, 1.82) is 0 Å². The fourth-order valence-corrected chi connectivity index (χ4v) is 2.62. The smallest absolute Gasteiger partial charge is 0.147 e. The maximum atomic E-state index is 12.9. The Morgan fingerprint density at radius 1 is 1.44 bits per heavy atom. The predicted octanol–water partition coefficient (Wildman–Crippen LogP) is 2.56. The third kappa shape index (κ3) is 5.33. The van der Waals surface area contributed by atoms with Gasteiger partial charge in [0.1, 0.15) is 15.7 Å². The Kier molecular flexibility index (Phi) is 5.56. The van der Waals surface area contributed by atoms with E-state index in [1.54, 1.807) is 6.07 Å². The molecule has 102 valence electrons.